The predicted molar refractivity (Wildman–Crippen MR) is 79.1 cm³/mol. The van der Waals surface area contributed by atoms with Gasteiger partial charge < -0.3 is 15.9 Å². The minimum absolute atomic E-state index is 0.0504. The van der Waals surface area contributed by atoms with Crippen molar-refractivity contribution in [2.24, 2.45) is 0 Å². The van der Waals surface area contributed by atoms with Gasteiger partial charge in [-0.15, -0.1) is 5.10 Å². The molecule has 2 heterocycles. The molecule has 1 aliphatic rings. The molecule has 0 bridgehead atoms. The number of fused-ring (bicyclic) bond motifs is 1. The fourth-order valence-electron chi connectivity index (χ4n) is 2.54. The van der Waals surface area contributed by atoms with Crippen LogP contribution in [0.25, 0.3) is 11.2 Å². The van der Waals surface area contributed by atoms with Crippen molar-refractivity contribution in [3.8, 4) is 0 Å². The monoisotopic (exact) mass is 328 g/mol. The first-order valence-electron chi connectivity index (χ1n) is 7.04. The molecule has 0 spiro atoms. The van der Waals surface area contributed by atoms with Crippen molar-refractivity contribution < 1.29 is 14.6 Å². The molecule has 1 aliphatic carbocycles. The number of nitrogen functional groups attached to an aromatic ring is 1. The van der Waals surface area contributed by atoms with Gasteiger partial charge in [-0.25, -0.2) is 19.0 Å². The fraction of sp³-hybridized carbons (Fsp3) is 0.667. The highest BCUT2D eigenvalue weighted by Crippen LogP contribution is 2.35. The second-order valence-electron chi connectivity index (χ2n) is 5.25. The molecule has 10 heteroatoms. The molecule has 3 rings (SSSR count). The van der Waals surface area contributed by atoms with Gasteiger partial charge in [0.25, 0.3) is 0 Å². The lowest BCUT2D eigenvalue weighted by Gasteiger charge is -2.17. The standard InChI is InChI=1S/C12H17FN6O2S/c1-2-3-22-12-15-10(14)8-11(16-12)19(18-17-8)9-6(21)4-5(20)7(9)13/h5-7,9,20-21H,2-4H2,1H3,(H2,14,15,16). The molecule has 2 aromatic rings. The van der Waals surface area contributed by atoms with Crippen LogP contribution in [-0.4, -0.2) is 59.3 Å². The van der Waals surface area contributed by atoms with Gasteiger partial charge in [-0.05, 0) is 6.42 Å². The minimum Gasteiger partial charge on any atom is -0.391 e. The van der Waals surface area contributed by atoms with E-state index in [1.807, 2.05) is 6.92 Å². The highest BCUT2D eigenvalue weighted by atomic mass is 32.2. The average molecular weight is 328 g/mol. The molecule has 0 saturated heterocycles. The minimum atomic E-state index is -1.64. The van der Waals surface area contributed by atoms with E-state index in [1.54, 1.807) is 0 Å². The predicted octanol–water partition coefficient (Wildman–Crippen LogP) is 0.310. The van der Waals surface area contributed by atoms with E-state index in [-0.39, 0.29) is 23.4 Å². The third-order valence-electron chi connectivity index (χ3n) is 3.62. The maximum absolute atomic E-state index is 14.1. The van der Waals surface area contributed by atoms with Gasteiger partial charge in [0.15, 0.2) is 28.3 Å². The third-order valence-corrected chi connectivity index (χ3v) is 4.67. The first-order valence-corrected chi connectivity index (χ1v) is 8.03. The lowest BCUT2D eigenvalue weighted by molar-refractivity contribution is 0.0795. The van der Waals surface area contributed by atoms with Crippen LogP contribution in [0.5, 0.6) is 0 Å². The van der Waals surface area contributed by atoms with Crippen molar-refractivity contribution in [1.82, 2.24) is 25.0 Å². The van der Waals surface area contributed by atoms with E-state index in [9.17, 15) is 14.6 Å². The van der Waals surface area contributed by atoms with E-state index in [4.69, 9.17) is 5.73 Å². The Labute approximate surface area is 129 Å². The molecule has 0 aromatic carbocycles. The van der Waals surface area contributed by atoms with Gasteiger partial charge >= 0.3 is 0 Å². The number of hydrogen-bond acceptors (Lipinski definition) is 8. The van der Waals surface area contributed by atoms with Crippen molar-refractivity contribution in [3.05, 3.63) is 0 Å². The van der Waals surface area contributed by atoms with Crippen LogP contribution in [0.3, 0.4) is 0 Å². The maximum Gasteiger partial charge on any atom is 0.191 e. The second kappa shape index (κ2) is 5.94. The summed E-state index contributed by atoms with van der Waals surface area (Å²) in [5.41, 5.74) is 6.39. The molecule has 1 saturated carbocycles. The first kappa shape index (κ1) is 15.4. The van der Waals surface area contributed by atoms with E-state index in [1.165, 1.54) is 16.4 Å². The lowest BCUT2D eigenvalue weighted by Crippen LogP contribution is -2.28. The Balaban J connectivity index is 2.05. The van der Waals surface area contributed by atoms with Gasteiger partial charge in [-0.3, -0.25) is 0 Å². The van der Waals surface area contributed by atoms with Crippen LogP contribution in [-0.2, 0) is 0 Å². The fourth-order valence-corrected chi connectivity index (χ4v) is 3.24. The van der Waals surface area contributed by atoms with Gasteiger partial charge in [0.1, 0.15) is 6.04 Å². The molecule has 0 radical (unpaired) electrons. The van der Waals surface area contributed by atoms with E-state index in [0.717, 1.165) is 12.2 Å². The summed E-state index contributed by atoms with van der Waals surface area (Å²) < 4.78 is 15.4. The Kier molecular flexibility index (Phi) is 4.15. The second-order valence-corrected chi connectivity index (χ2v) is 6.31. The molecule has 0 amide bonds. The molecule has 2 aromatic heterocycles. The van der Waals surface area contributed by atoms with Crippen LogP contribution in [0.1, 0.15) is 25.8 Å². The smallest absolute Gasteiger partial charge is 0.191 e. The molecule has 120 valence electrons. The largest absolute Gasteiger partial charge is 0.391 e. The van der Waals surface area contributed by atoms with Gasteiger partial charge in [0.2, 0.25) is 0 Å². The zero-order valence-electron chi connectivity index (χ0n) is 11.9. The SMILES string of the molecule is CCCSc1nc(N)c2nnn(C3C(O)CC(O)C3F)c2n1. The Hall–Kier alpha value is -1.52. The highest BCUT2D eigenvalue weighted by Gasteiger charge is 2.45. The van der Waals surface area contributed by atoms with Crippen molar-refractivity contribution in [2.45, 2.75) is 49.3 Å². The van der Waals surface area contributed by atoms with Crippen molar-refractivity contribution >= 4 is 28.7 Å². The topological polar surface area (TPSA) is 123 Å². The average Bonchev–Trinajstić information content (AvgIpc) is 2.99. The molecule has 22 heavy (non-hydrogen) atoms. The molecular formula is C12H17FN6O2S. The molecule has 8 nitrogen and oxygen atoms in total. The number of nitrogens with two attached hydrogens (primary N) is 1. The number of aromatic nitrogens is 5. The van der Waals surface area contributed by atoms with E-state index in [2.05, 4.69) is 20.3 Å². The number of thioether (sulfide) groups is 1. The summed E-state index contributed by atoms with van der Waals surface area (Å²) in [4.78, 5) is 8.46. The molecule has 4 atom stereocenters. The van der Waals surface area contributed by atoms with Gasteiger partial charge in [-0.2, -0.15) is 0 Å². The lowest BCUT2D eigenvalue weighted by atomic mass is 10.2. The third kappa shape index (κ3) is 2.50. The Bertz CT molecular complexity index is 683. The van der Waals surface area contributed by atoms with Crippen LogP contribution in [0.4, 0.5) is 10.2 Å². The molecule has 4 unspecified atom stereocenters. The van der Waals surface area contributed by atoms with Crippen molar-refractivity contribution in [1.29, 1.82) is 0 Å². The van der Waals surface area contributed by atoms with Gasteiger partial charge in [0.05, 0.1) is 12.2 Å². The summed E-state index contributed by atoms with van der Waals surface area (Å²) in [6.07, 6.45) is -3.03. The number of hydrogen-bond donors (Lipinski definition) is 3. The summed E-state index contributed by atoms with van der Waals surface area (Å²) in [6, 6.07) is -1.03. The number of alkyl halides is 1. The van der Waals surface area contributed by atoms with Crippen LogP contribution in [0.2, 0.25) is 0 Å². The summed E-state index contributed by atoms with van der Waals surface area (Å²) in [5.74, 6) is 0.988. The van der Waals surface area contributed by atoms with Gasteiger partial charge in [0, 0.05) is 12.2 Å². The van der Waals surface area contributed by atoms with Crippen LogP contribution >= 0.6 is 11.8 Å². The highest BCUT2D eigenvalue weighted by molar-refractivity contribution is 7.99. The van der Waals surface area contributed by atoms with Crippen LogP contribution < -0.4 is 5.73 Å². The first-order chi connectivity index (χ1) is 10.5. The zero-order valence-corrected chi connectivity index (χ0v) is 12.7. The van der Waals surface area contributed by atoms with E-state index in [0.29, 0.717) is 5.16 Å². The summed E-state index contributed by atoms with van der Waals surface area (Å²) in [5, 5.41) is 27.7. The summed E-state index contributed by atoms with van der Waals surface area (Å²) in [6.45, 7) is 2.03. The molecule has 0 aliphatic heterocycles. The van der Waals surface area contributed by atoms with Crippen molar-refractivity contribution in [3.63, 3.8) is 0 Å². The molecular weight excluding hydrogens is 311 g/mol. The number of anilines is 1. The van der Waals surface area contributed by atoms with Crippen LogP contribution in [0.15, 0.2) is 5.16 Å². The summed E-state index contributed by atoms with van der Waals surface area (Å²) in [7, 11) is 0. The zero-order chi connectivity index (χ0) is 15.9. The number of aliphatic hydroxyl groups excluding tert-OH is 2. The number of nitrogens with zero attached hydrogens (tertiary/aromatic N) is 5. The Morgan fingerprint density at radius 2 is 2.14 bits per heavy atom. The molecule has 1 fully saturated rings. The summed E-state index contributed by atoms with van der Waals surface area (Å²) >= 11 is 1.43. The maximum atomic E-state index is 14.1. The quantitative estimate of drug-likeness (QED) is 0.541. The normalized spacial score (nSPS) is 28.5. The Morgan fingerprint density at radius 3 is 2.77 bits per heavy atom. The van der Waals surface area contributed by atoms with E-state index < -0.39 is 24.4 Å². The van der Waals surface area contributed by atoms with E-state index >= 15 is 0 Å². The number of aliphatic hydroxyl groups is 2. The van der Waals surface area contributed by atoms with Gasteiger partial charge in [-0.1, -0.05) is 23.9 Å². The van der Waals surface area contributed by atoms with Crippen molar-refractivity contribution in [2.75, 3.05) is 11.5 Å². The van der Waals surface area contributed by atoms with Crippen LogP contribution in [0, 0.1) is 0 Å². The Morgan fingerprint density at radius 1 is 1.36 bits per heavy atom. The number of halogens is 1. The number of rotatable bonds is 4. The molecule has 4 N–H and O–H groups in total.